The number of carbonyl (C=O) groups is 1. The molecule has 0 aliphatic carbocycles. The van der Waals surface area contributed by atoms with Gasteiger partial charge in [-0.25, -0.2) is 77.8 Å². The van der Waals surface area contributed by atoms with Crippen molar-refractivity contribution in [2.75, 3.05) is 120 Å². The van der Waals surface area contributed by atoms with Crippen molar-refractivity contribution in [3.63, 3.8) is 0 Å². The van der Waals surface area contributed by atoms with Gasteiger partial charge >= 0.3 is 6.03 Å². The summed E-state index contributed by atoms with van der Waals surface area (Å²) in [4.78, 5) is 62.2. The van der Waals surface area contributed by atoms with E-state index < -0.39 is 12.1 Å². The number of likely N-dealkylation sites (tertiary alicyclic amines) is 1. The van der Waals surface area contributed by atoms with Crippen LogP contribution < -0.4 is 22.9 Å². The number of likely N-dealkylation sites (N-methyl/N-ethyl adjacent to an activating group) is 3. The lowest BCUT2D eigenvalue weighted by molar-refractivity contribution is 0.0665. The molecule has 4 aromatic carbocycles. The molecule has 0 radical (unpaired) electrons. The number of aromatic nitrogens is 12. The van der Waals surface area contributed by atoms with Crippen molar-refractivity contribution >= 4 is 150 Å². The van der Waals surface area contributed by atoms with Crippen LogP contribution in [0.25, 0.3) is 98.9 Å². The number of aliphatic hydroxyl groups excluding tert-OH is 1. The van der Waals surface area contributed by atoms with E-state index in [2.05, 4.69) is 131 Å². The highest BCUT2D eigenvalue weighted by molar-refractivity contribution is 7.80. The number of amides is 2. The molecule has 2 unspecified atom stereocenters. The van der Waals surface area contributed by atoms with Gasteiger partial charge in [0.2, 0.25) is 13.1 Å². The Hall–Kier alpha value is -12.3. The third kappa shape index (κ3) is 29.2. The zero-order valence-corrected chi connectivity index (χ0v) is 84.4. The molecule has 0 bridgehead atoms. The number of nitrogens with two attached hydrogens (primary N) is 4. The predicted octanol–water partition coefficient (Wildman–Crippen LogP) is 14.4. The average molecular weight is 1950 g/mol. The fourth-order valence-electron chi connectivity index (χ4n) is 16.1. The first-order chi connectivity index (χ1) is 65.8. The summed E-state index contributed by atoms with van der Waals surface area (Å²) in [7, 11) is 15.6. The molecule has 2 amide bonds. The summed E-state index contributed by atoms with van der Waals surface area (Å²) >= 11 is 28.7. The van der Waals surface area contributed by atoms with Gasteiger partial charge in [0.1, 0.15) is 0 Å². The summed E-state index contributed by atoms with van der Waals surface area (Å²) in [6.45, 7) is 34.3. The van der Waals surface area contributed by atoms with Crippen LogP contribution in [0.15, 0.2) is 143 Å². The number of rotatable bonds is 35. The highest BCUT2D eigenvalue weighted by atomic mass is 35.5. The SMILES string of the molecule is CCN(CC)CCN(/N=C/c1cc(-c2cncn2C)nc2cc(C)c(CCCOC)cc12)C(N)=S.Cc1cc2nc(-c3cncn3C)cc(/C=N/N(CCN(C)C)C(N)=S)c2cc1CC1CCOCC1.[C-]#[N+]CCc1cc2c(/C=N/N(CC3CCCCN3C)C(N)=O)cc(-c3cncn3C)nc2cc1Cl.[C-]#[N+]CCc1cc2c(/C=N/N(CCC(C)O)C(N)=S)cc(-c3cncn3C)nc2cc1Cl. The van der Waals surface area contributed by atoms with E-state index in [9.17, 15) is 9.90 Å². The number of aliphatic hydroxyl groups is 1. The Morgan fingerprint density at radius 2 is 0.934 bits per heavy atom. The van der Waals surface area contributed by atoms with Crippen LogP contribution in [0, 0.1) is 32.9 Å². The van der Waals surface area contributed by atoms with E-state index >= 15 is 0 Å². The second kappa shape index (κ2) is 51.2. The maximum Gasteiger partial charge on any atom is 0.335 e. The number of fused-ring (bicyclic) bond motifs is 4. The summed E-state index contributed by atoms with van der Waals surface area (Å²) in [6, 6.07) is 24.0. The molecule has 2 atom stereocenters. The van der Waals surface area contributed by atoms with Crippen molar-refractivity contribution in [3.05, 3.63) is 211 Å². The number of benzene rings is 4. The monoisotopic (exact) mass is 1950 g/mol. The molecule has 0 saturated carbocycles. The zero-order chi connectivity index (χ0) is 98.5. The quantitative estimate of drug-likeness (QED) is 0.00809. The molecule has 2 aliphatic heterocycles. The van der Waals surface area contributed by atoms with E-state index in [0.717, 1.165) is 210 Å². The van der Waals surface area contributed by atoms with Crippen molar-refractivity contribution in [1.82, 2.24) is 92.9 Å². The summed E-state index contributed by atoms with van der Waals surface area (Å²) < 4.78 is 18.5. The molecule has 12 aromatic rings. The summed E-state index contributed by atoms with van der Waals surface area (Å²) in [6.07, 6.45) is 30.7. The number of methoxy groups -OCH3 is 1. The molecule has 2 saturated heterocycles. The third-order valence-corrected chi connectivity index (χ3v) is 25.6. The number of urea groups is 1. The fourth-order valence-corrected chi connectivity index (χ4v) is 17.1. The third-order valence-electron chi connectivity index (χ3n) is 24.3. The first-order valence-corrected chi connectivity index (χ1v) is 47.8. The van der Waals surface area contributed by atoms with Gasteiger partial charge in [-0.1, -0.05) is 43.5 Å². The van der Waals surface area contributed by atoms with Gasteiger partial charge in [0.05, 0.1) is 168 Å². The topological polar surface area (TPSA) is 364 Å². The lowest BCUT2D eigenvalue weighted by Crippen LogP contribution is -2.46. The van der Waals surface area contributed by atoms with Crippen molar-refractivity contribution in [1.29, 1.82) is 0 Å². The molecule has 14 rings (SSSR count). The van der Waals surface area contributed by atoms with E-state index in [4.69, 9.17) is 130 Å². The van der Waals surface area contributed by atoms with Gasteiger partial charge in [0.15, 0.2) is 15.3 Å². The largest absolute Gasteiger partial charge is 0.393 e. The lowest BCUT2D eigenvalue weighted by atomic mass is 9.89. The molecule has 33 nitrogen and oxygen atoms in total. The standard InChI is InChI=1S/C26H35N7OS.C26H37N7OS.C25H29ClN8O.C22H24ClN7OS/c1-18-11-23-22(13-20(18)12-19-5-9-34-10-6-19)21(14-24(30-23)25-16-28-17-32(25)4)15-29-33(26(27)35)8-7-31(2)3;1-6-32(7-2)10-11-33(26(27)35)29-16-21-15-24(25-17-28-18-31(25)4)30-23-13-19(3)20(14-22(21)23)9-8-12-34-5;1-28-8-7-17-10-20-18(13-30-34(25(27)35)15-19-6-4-5-9-32(19)2)11-23(24-14-29-16-33(24)3)31-22(20)12-21(17)26;1-14(31)5-7-30(22(24)32)27-11-16-9-20(21-12-26-13-29(21)3)28-19-10-18(23)15(4-6-25-2)8-17(16)19/h11,13-17,19H,5-10,12H2,1-4H3,(H2,27,35);13-18H,6-12H2,1-5H3,(H2,27,35);10-14,16,19H,4-9,15H2,2-3H3,(H2,27,35);8-14,31H,4-7H2,1,3H3,(H2,24,32)/b29-15+;29-16+;30-13+;27-11+. The number of ether oxygens (including phenoxy) is 2. The lowest BCUT2D eigenvalue weighted by Gasteiger charge is -2.34. The Kier molecular flexibility index (Phi) is 39.3. The average Bonchev–Trinajstić information content (AvgIpc) is 1.79. The van der Waals surface area contributed by atoms with Gasteiger partial charge in [0, 0.05) is 147 Å². The van der Waals surface area contributed by atoms with Crippen LogP contribution in [0.4, 0.5) is 4.79 Å². The van der Waals surface area contributed by atoms with Crippen molar-refractivity contribution < 1.29 is 19.4 Å². The van der Waals surface area contributed by atoms with Gasteiger partial charge in [0.25, 0.3) is 0 Å². The second-order valence-corrected chi connectivity index (χ2v) is 36.5. The molecular weight excluding hydrogens is 1830 g/mol. The molecule has 137 heavy (non-hydrogen) atoms. The number of hydrogen-bond donors (Lipinski definition) is 5. The van der Waals surface area contributed by atoms with Crippen LogP contribution in [-0.4, -0.2) is 276 Å². The molecule has 8 aromatic heterocycles. The molecule has 10 heterocycles. The number of aryl methyl sites for hydroxylation is 7. The van der Waals surface area contributed by atoms with Crippen LogP contribution in [0.2, 0.25) is 10.0 Å². The van der Waals surface area contributed by atoms with Crippen molar-refractivity contribution in [2.24, 2.45) is 77.4 Å². The van der Waals surface area contributed by atoms with Crippen molar-refractivity contribution in [2.45, 2.75) is 117 Å². The highest BCUT2D eigenvalue weighted by Gasteiger charge is 2.26. The zero-order valence-electron chi connectivity index (χ0n) is 80.4. The number of halogens is 2. The predicted molar refractivity (Wildman–Crippen MR) is 563 cm³/mol. The fraction of sp³-hybridized carbons (Fsp3) is 0.414. The van der Waals surface area contributed by atoms with E-state index in [1.807, 2.05) is 122 Å². The number of primary amides is 1. The smallest absolute Gasteiger partial charge is 0.335 e. The number of hydrazone groups is 4. The van der Waals surface area contributed by atoms with Gasteiger partial charge in [-0.05, 0) is 262 Å². The van der Waals surface area contributed by atoms with Crippen LogP contribution in [-0.2, 0) is 63.3 Å². The molecular formula is C99H125Cl2N29O4S3. The van der Waals surface area contributed by atoms with Gasteiger partial charge in [-0.15, -0.1) is 0 Å². The second-order valence-electron chi connectivity index (χ2n) is 34.5. The number of thiocarbonyl (C=S) groups is 3. The Balaban J connectivity index is 0.000000175. The molecule has 722 valence electrons. The number of carbonyl (C=O) groups excluding carboxylic acids is 1. The Morgan fingerprint density at radius 3 is 1.30 bits per heavy atom. The number of imidazole rings is 4. The van der Waals surface area contributed by atoms with Crippen LogP contribution in [0.5, 0.6) is 0 Å². The molecule has 38 heteroatoms. The minimum absolute atomic E-state index is 0.118. The van der Waals surface area contributed by atoms with E-state index in [-0.39, 0.29) is 21.4 Å². The van der Waals surface area contributed by atoms with Gasteiger partial charge < -0.3 is 80.2 Å². The number of piperidine rings is 1. The summed E-state index contributed by atoms with van der Waals surface area (Å²) in [5, 5.41) is 39.7. The maximum absolute atomic E-state index is 12.2. The minimum Gasteiger partial charge on any atom is -0.393 e. The van der Waals surface area contributed by atoms with Crippen molar-refractivity contribution in [3.8, 4) is 45.6 Å². The number of hydrogen-bond acceptors (Lipinski definition) is 22. The van der Waals surface area contributed by atoms with E-state index in [1.54, 1.807) is 74.2 Å². The molecule has 9 N–H and O–H groups in total. The Bertz CT molecular complexity index is 6400. The Labute approximate surface area is 828 Å². The van der Waals surface area contributed by atoms with Crippen LogP contribution >= 0.6 is 59.9 Å². The van der Waals surface area contributed by atoms with Gasteiger partial charge in [-0.2, -0.15) is 20.4 Å². The first kappa shape index (κ1) is 105. The Morgan fingerprint density at radius 1 is 0.547 bits per heavy atom. The first-order valence-electron chi connectivity index (χ1n) is 45.8. The normalized spacial score (nSPS) is 13.9. The van der Waals surface area contributed by atoms with Crippen LogP contribution in [0.3, 0.4) is 0 Å². The highest BCUT2D eigenvalue weighted by Crippen LogP contribution is 2.35. The summed E-state index contributed by atoms with van der Waals surface area (Å²) in [5.74, 6) is 0.648. The maximum atomic E-state index is 12.2. The number of nitrogens with zero attached hydrogens (tertiary/aromatic N) is 25. The van der Waals surface area contributed by atoms with E-state index in [0.29, 0.717) is 91.2 Å². The van der Waals surface area contributed by atoms with Gasteiger partial charge in [-0.3, -0.25) is 0 Å². The van der Waals surface area contributed by atoms with E-state index in [1.165, 1.54) is 32.3 Å². The number of pyridine rings is 4. The minimum atomic E-state index is -0.591. The molecule has 2 fully saturated rings. The molecule has 0 spiro atoms. The van der Waals surface area contributed by atoms with Crippen LogP contribution in [0.1, 0.15) is 121 Å². The molecule has 2 aliphatic rings. The summed E-state index contributed by atoms with van der Waals surface area (Å²) in [5.41, 5.74) is 43.8.